The Morgan fingerprint density at radius 1 is 1.20 bits per heavy atom. The third-order valence-corrected chi connectivity index (χ3v) is 3.63. The number of hydrogen-bond acceptors (Lipinski definition) is 1. The van der Waals surface area contributed by atoms with E-state index in [1.54, 1.807) is 31.0 Å². The predicted octanol–water partition coefficient (Wildman–Crippen LogP) is 4.17. The lowest BCUT2D eigenvalue weighted by molar-refractivity contribution is 0.0784. The van der Waals surface area contributed by atoms with Gasteiger partial charge in [0.25, 0.3) is 5.91 Å². The van der Waals surface area contributed by atoms with E-state index < -0.39 is 0 Å². The Kier molecular flexibility index (Phi) is 4.55. The molecule has 1 amide bonds. The maximum Gasteiger partial charge on any atom is 0.253 e. The Morgan fingerprint density at radius 3 is 2.45 bits per heavy atom. The Bertz CT molecular complexity index is 625. The fraction of sp³-hybridized carbons (Fsp3) is 0.188. The lowest BCUT2D eigenvalue weighted by atomic mass is 10.1. The summed E-state index contributed by atoms with van der Waals surface area (Å²) in [5.41, 5.74) is 1.93. The Morgan fingerprint density at radius 2 is 1.85 bits per heavy atom. The van der Waals surface area contributed by atoms with Crippen molar-refractivity contribution in [1.29, 1.82) is 0 Å². The monoisotopic (exact) mass is 335 g/mol. The van der Waals surface area contributed by atoms with Gasteiger partial charge in [-0.05, 0) is 42.3 Å². The van der Waals surface area contributed by atoms with Gasteiger partial charge >= 0.3 is 0 Å². The van der Waals surface area contributed by atoms with E-state index in [-0.39, 0.29) is 11.7 Å². The summed E-state index contributed by atoms with van der Waals surface area (Å²) in [5.74, 6) is -0.542. The van der Waals surface area contributed by atoms with E-state index in [0.29, 0.717) is 17.7 Å². The van der Waals surface area contributed by atoms with Crippen LogP contribution in [0, 0.1) is 12.7 Å². The van der Waals surface area contributed by atoms with Gasteiger partial charge in [0.2, 0.25) is 0 Å². The van der Waals surface area contributed by atoms with Crippen LogP contribution in [0.3, 0.4) is 0 Å². The van der Waals surface area contributed by atoms with Crippen molar-refractivity contribution < 1.29 is 9.18 Å². The summed E-state index contributed by atoms with van der Waals surface area (Å²) in [6.45, 7) is 2.16. The minimum Gasteiger partial charge on any atom is -0.337 e. The molecule has 4 heteroatoms. The quantitative estimate of drug-likeness (QED) is 0.824. The van der Waals surface area contributed by atoms with E-state index in [2.05, 4.69) is 15.9 Å². The van der Waals surface area contributed by atoms with Gasteiger partial charge < -0.3 is 4.90 Å². The minimum atomic E-state index is -0.354. The van der Waals surface area contributed by atoms with Gasteiger partial charge in [-0.2, -0.15) is 0 Å². The third-order valence-electron chi connectivity index (χ3n) is 3.10. The summed E-state index contributed by atoms with van der Waals surface area (Å²) < 4.78 is 14.5. The van der Waals surface area contributed by atoms with E-state index in [0.717, 1.165) is 10.0 Å². The zero-order valence-corrected chi connectivity index (χ0v) is 12.9. The van der Waals surface area contributed by atoms with Crippen molar-refractivity contribution in [1.82, 2.24) is 4.90 Å². The van der Waals surface area contributed by atoms with Crippen LogP contribution in [0.15, 0.2) is 46.9 Å². The smallest absolute Gasteiger partial charge is 0.253 e. The van der Waals surface area contributed by atoms with Gasteiger partial charge in [0.05, 0.1) is 0 Å². The molecule has 0 aliphatic rings. The largest absolute Gasteiger partial charge is 0.337 e. The van der Waals surface area contributed by atoms with E-state index in [4.69, 9.17) is 0 Å². The van der Waals surface area contributed by atoms with Crippen LogP contribution in [0.25, 0.3) is 0 Å². The fourth-order valence-electron chi connectivity index (χ4n) is 1.88. The molecule has 104 valence electrons. The van der Waals surface area contributed by atoms with Crippen molar-refractivity contribution in [3.63, 3.8) is 0 Å². The number of rotatable bonds is 3. The zero-order chi connectivity index (χ0) is 14.7. The number of amides is 1. The van der Waals surface area contributed by atoms with Crippen molar-refractivity contribution in [2.24, 2.45) is 0 Å². The lowest BCUT2D eigenvalue weighted by Crippen LogP contribution is -2.26. The second-order valence-corrected chi connectivity index (χ2v) is 5.67. The molecular formula is C16H15BrFNO. The topological polar surface area (TPSA) is 20.3 Å². The van der Waals surface area contributed by atoms with Crippen LogP contribution in [0.4, 0.5) is 4.39 Å². The molecule has 2 rings (SSSR count). The van der Waals surface area contributed by atoms with Crippen LogP contribution in [0.2, 0.25) is 0 Å². The maximum atomic E-state index is 13.5. The molecular weight excluding hydrogens is 321 g/mol. The Labute approximate surface area is 126 Å². The standard InChI is InChI=1S/C16H15BrFNO/c1-11-3-6-13(9-15(11)18)16(20)19(2)10-12-4-7-14(17)8-5-12/h3-9H,10H2,1-2H3. The highest BCUT2D eigenvalue weighted by Crippen LogP contribution is 2.14. The number of benzene rings is 2. The molecule has 0 radical (unpaired) electrons. The molecule has 0 N–H and O–H groups in total. The van der Waals surface area contributed by atoms with Gasteiger partial charge in [-0.1, -0.05) is 34.1 Å². The number of aryl methyl sites for hydroxylation is 1. The minimum absolute atomic E-state index is 0.188. The zero-order valence-electron chi connectivity index (χ0n) is 11.4. The first-order valence-corrected chi connectivity index (χ1v) is 7.03. The highest BCUT2D eigenvalue weighted by Gasteiger charge is 2.13. The second kappa shape index (κ2) is 6.18. The van der Waals surface area contributed by atoms with E-state index in [9.17, 15) is 9.18 Å². The highest BCUT2D eigenvalue weighted by atomic mass is 79.9. The van der Waals surface area contributed by atoms with Gasteiger partial charge in [0, 0.05) is 23.6 Å². The first-order chi connectivity index (χ1) is 9.47. The number of hydrogen-bond donors (Lipinski definition) is 0. The fourth-order valence-corrected chi connectivity index (χ4v) is 2.15. The third kappa shape index (κ3) is 3.45. The normalized spacial score (nSPS) is 10.4. The molecule has 2 aromatic rings. The van der Waals surface area contributed by atoms with Crippen molar-refractivity contribution in [3.8, 4) is 0 Å². The van der Waals surface area contributed by atoms with Gasteiger partial charge in [-0.25, -0.2) is 4.39 Å². The average molecular weight is 336 g/mol. The first-order valence-electron chi connectivity index (χ1n) is 6.23. The molecule has 0 aliphatic carbocycles. The van der Waals surface area contributed by atoms with Crippen LogP contribution in [-0.4, -0.2) is 17.9 Å². The van der Waals surface area contributed by atoms with Gasteiger partial charge in [-0.3, -0.25) is 4.79 Å². The van der Waals surface area contributed by atoms with Crippen LogP contribution >= 0.6 is 15.9 Å². The molecule has 0 saturated heterocycles. The Hall–Kier alpha value is -1.68. The van der Waals surface area contributed by atoms with E-state index in [1.807, 2.05) is 24.3 Å². The van der Waals surface area contributed by atoms with Crippen molar-refractivity contribution in [3.05, 3.63) is 69.4 Å². The molecule has 0 aliphatic heterocycles. The summed E-state index contributed by atoms with van der Waals surface area (Å²) in [5, 5.41) is 0. The predicted molar refractivity (Wildman–Crippen MR) is 81.1 cm³/mol. The molecule has 0 fully saturated rings. The molecule has 0 unspecified atom stereocenters. The van der Waals surface area contributed by atoms with Crippen LogP contribution < -0.4 is 0 Å². The van der Waals surface area contributed by atoms with Crippen molar-refractivity contribution >= 4 is 21.8 Å². The van der Waals surface area contributed by atoms with Gasteiger partial charge in [0.15, 0.2) is 0 Å². The summed E-state index contributed by atoms with van der Waals surface area (Å²) >= 11 is 3.37. The summed E-state index contributed by atoms with van der Waals surface area (Å²) in [6, 6.07) is 12.3. The first kappa shape index (κ1) is 14.7. The lowest BCUT2D eigenvalue weighted by Gasteiger charge is -2.17. The number of halogens is 2. The number of carbonyl (C=O) groups excluding carboxylic acids is 1. The molecule has 2 aromatic carbocycles. The van der Waals surface area contributed by atoms with E-state index in [1.165, 1.54) is 6.07 Å². The maximum absolute atomic E-state index is 13.5. The van der Waals surface area contributed by atoms with Crippen LogP contribution in [0.1, 0.15) is 21.5 Å². The molecule has 0 bridgehead atoms. The Balaban J connectivity index is 2.11. The van der Waals surface area contributed by atoms with Gasteiger partial charge in [0.1, 0.15) is 5.82 Å². The summed E-state index contributed by atoms with van der Waals surface area (Å²) in [6.07, 6.45) is 0. The molecule has 2 nitrogen and oxygen atoms in total. The molecule has 0 atom stereocenters. The van der Waals surface area contributed by atoms with E-state index >= 15 is 0 Å². The van der Waals surface area contributed by atoms with Crippen molar-refractivity contribution in [2.75, 3.05) is 7.05 Å². The molecule has 0 saturated carbocycles. The average Bonchev–Trinajstić information content (AvgIpc) is 2.43. The van der Waals surface area contributed by atoms with Crippen LogP contribution in [-0.2, 0) is 6.54 Å². The number of nitrogens with zero attached hydrogens (tertiary/aromatic N) is 1. The van der Waals surface area contributed by atoms with Gasteiger partial charge in [-0.15, -0.1) is 0 Å². The molecule has 0 heterocycles. The highest BCUT2D eigenvalue weighted by molar-refractivity contribution is 9.10. The van der Waals surface area contributed by atoms with Crippen molar-refractivity contribution in [2.45, 2.75) is 13.5 Å². The SMILES string of the molecule is Cc1ccc(C(=O)N(C)Cc2ccc(Br)cc2)cc1F. The number of carbonyl (C=O) groups is 1. The summed E-state index contributed by atoms with van der Waals surface area (Å²) in [4.78, 5) is 13.8. The molecule has 0 aromatic heterocycles. The summed E-state index contributed by atoms with van der Waals surface area (Å²) in [7, 11) is 1.71. The molecule has 0 spiro atoms. The molecule has 20 heavy (non-hydrogen) atoms. The second-order valence-electron chi connectivity index (χ2n) is 4.75. The van der Waals surface area contributed by atoms with Crippen LogP contribution in [0.5, 0.6) is 0 Å².